The molecule has 1 saturated heterocycles. The number of pyridine rings is 1. The van der Waals surface area contributed by atoms with Crippen LogP contribution in [-0.2, 0) is 11.3 Å². The zero-order chi connectivity index (χ0) is 19.1. The van der Waals surface area contributed by atoms with Crippen LogP contribution in [0.25, 0.3) is 0 Å². The number of β-amino-alcohol motifs (C(OH)–C–C–N with tert-alkyl or cyclic N) is 1. The van der Waals surface area contributed by atoms with Crippen LogP contribution in [0.2, 0.25) is 0 Å². The summed E-state index contributed by atoms with van der Waals surface area (Å²) in [5.41, 5.74) is 0.759. The summed E-state index contributed by atoms with van der Waals surface area (Å²) < 4.78 is 11.7. The number of aromatic nitrogens is 1. The van der Waals surface area contributed by atoms with Crippen molar-refractivity contribution in [2.24, 2.45) is 0 Å². The van der Waals surface area contributed by atoms with Crippen LogP contribution in [0.1, 0.15) is 25.3 Å². The Kier molecular flexibility index (Phi) is 10.8. The van der Waals surface area contributed by atoms with Crippen LogP contribution < -0.4 is 20.1 Å². The van der Waals surface area contributed by atoms with Crippen molar-refractivity contribution >= 4 is 30.7 Å². The van der Waals surface area contributed by atoms with E-state index in [1.54, 1.807) is 12.3 Å². The van der Waals surface area contributed by atoms with Crippen molar-refractivity contribution in [1.82, 2.24) is 15.6 Å². The first-order valence-corrected chi connectivity index (χ1v) is 9.20. The number of nitrogens with zero attached hydrogens (tertiary/aromatic N) is 1. The molecule has 9 heteroatoms. The Morgan fingerprint density at radius 2 is 2.00 bits per heavy atom. The number of carbonyl (C=O) groups excluding carboxylic acids is 1. The van der Waals surface area contributed by atoms with Crippen LogP contribution in [0.5, 0.6) is 17.4 Å². The van der Waals surface area contributed by atoms with Crippen molar-refractivity contribution in [1.29, 1.82) is 0 Å². The number of halogens is 2. The first-order valence-electron chi connectivity index (χ1n) is 9.20. The number of carbonyl (C=O) groups is 1. The van der Waals surface area contributed by atoms with Crippen molar-refractivity contribution in [2.45, 2.75) is 38.5 Å². The Hall–Kier alpha value is -2.06. The van der Waals surface area contributed by atoms with Gasteiger partial charge in [-0.25, -0.2) is 4.98 Å². The van der Waals surface area contributed by atoms with Gasteiger partial charge in [0.15, 0.2) is 11.5 Å². The van der Waals surface area contributed by atoms with Crippen molar-refractivity contribution in [3.8, 4) is 17.4 Å². The normalized spacial score (nSPS) is 17.6. The third kappa shape index (κ3) is 7.04. The molecule has 1 amide bonds. The fourth-order valence-corrected chi connectivity index (χ4v) is 2.84. The smallest absolute Gasteiger partial charge is 0.237 e. The molecule has 3 N–H and O–H groups in total. The highest BCUT2D eigenvalue weighted by atomic mass is 35.5. The van der Waals surface area contributed by atoms with Crippen LogP contribution >= 0.6 is 24.8 Å². The zero-order valence-corrected chi connectivity index (χ0v) is 17.8. The van der Waals surface area contributed by atoms with Crippen LogP contribution in [0.3, 0.4) is 0 Å². The quantitative estimate of drug-likeness (QED) is 0.580. The van der Waals surface area contributed by atoms with Gasteiger partial charge in [0.1, 0.15) is 0 Å². The van der Waals surface area contributed by atoms with Gasteiger partial charge < -0.3 is 25.2 Å². The van der Waals surface area contributed by atoms with Crippen LogP contribution in [0.4, 0.5) is 0 Å². The number of benzene rings is 1. The van der Waals surface area contributed by atoms with Crippen molar-refractivity contribution in [3.05, 3.63) is 48.2 Å². The molecule has 1 fully saturated rings. The summed E-state index contributed by atoms with van der Waals surface area (Å²) in [6, 6.07) is 10.7. The van der Waals surface area contributed by atoms with Gasteiger partial charge in [0.25, 0.3) is 0 Å². The van der Waals surface area contributed by atoms with Gasteiger partial charge >= 0.3 is 0 Å². The lowest BCUT2D eigenvalue weighted by Gasteiger charge is -2.15. The molecule has 0 spiro atoms. The minimum absolute atomic E-state index is 0. The SMILES string of the molecule is CCCOc1ccccc1Oc1ncccc1CNC(=O)C1CC(O)CN1.Cl.Cl. The van der Waals surface area contributed by atoms with E-state index in [9.17, 15) is 9.90 Å². The van der Waals surface area contributed by atoms with Crippen molar-refractivity contribution in [2.75, 3.05) is 13.2 Å². The predicted molar refractivity (Wildman–Crippen MR) is 115 cm³/mol. The molecule has 2 heterocycles. The van der Waals surface area contributed by atoms with Crippen LogP contribution in [-0.4, -0.2) is 41.3 Å². The van der Waals surface area contributed by atoms with E-state index >= 15 is 0 Å². The number of nitrogens with one attached hydrogen (secondary N) is 2. The number of para-hydroxylation sites is 2. The Labute approximate surface area is 183 Å². The van der Waals surface area contributed by atoms with Gasteiger partial charge in [-0.3, -0.25) is 4.79 Å². The molecule has 0 bridgehead atoms. The third-order valence-electron chi connectivity index (χ3n) is 4.24. The summed E-state index contributed by atoms with van der Waals surface area (Å²) in [5.74, 6) is 1.51. The van der Waals surface area contributed by atoms with Crippen molar-refractivity contribution in [3.63, 3.8) is 0 Å². The van der Waals surface area contributed by atoms with Gasteiger partial charge in [0, 0.05) is 24.8 Å². The standard InChI is InChI=1S/C20H25N3O4.2ClH/c1-2-10-26-17-7-3-4-8-18(17)27-20-14(6-5-9-21-20)12-23-19(25)16-11-15(24)13-22-16;;/h3-9,15-16,22,24H,2,10-13H2,1H3,(H,23,25);2*1H. The first kappa shape index (κ1) is 25.0. The lowest BCUT2D eigenvalue weighted by atomic mass is 10.2. The molecule has 2 unspecified atom stereocenters. The number of hydrogen-bond acceptors (Lipinski definition) is 6. The van der Waals surface area contributed by atoms with Gasteiger partial charge in [-0.05, 0) is 31.0 Å². The summed E-state index contributed by atoms with van der Waals surface area (Å²) in [5, 5.41) is 15.4. The van der Waals surface area contributed by atoms with Crippen LogP contribution in [0, 0.1) is 0 Å². The van der Waals surface area contributed by atoms with E-state index in [0.29, 0.717) is 37.0 Å². The van der Waals surface area contributed by atoms with E-state index < -0.39 is 6.10 Å². The Morgan fingerprint density at radius 3 is 2.69 bits per heavy atom. The van der Waals surface area contributed by atoms with E-state index in [1.807, 2.05) is 37.3 Å². The van der Waals surface area contributed by atoms with E-state index in [0.717, 1.165) is 12.0 Å². The maximum atomic E-state index is 12.2. The first-order chi connectivity index (χ1) is 13.2. The number of aliphatic hydroxyl groups is 1. The number of aliphatic hydroxyl groups excluding tert-OH is 1. The molecule has 0 aliphatic carbocycles. The molecule has 7 nitrogen and oxygen atoms in total. The largest absolute Gasteiger partial charge is 0.490 e. The summed E-state index contributed by atoms with van der Waals surface area (Å²) in [6.07, 6.45) is 2.49. The van der Waals surface area contributed by atoms with Crippen LogP contribution in [0.15, 0.2) is 42.6 Å². The molecule has 2 aromatic rings. The number of hydrogen-bond donors (Lipinski definition) is 3. The second kappa shape index (κ2) is 12.5. The maximum absolute atomic E-state index is 12.2. The number of ether oxygens (including phenoxy) is 2. The third-order valence-corrected chi connectivity index (χ3v) is 4.24. The van der Waals surface area contributed by atoms with Crippen molar-refractivity contribution < 1.29 is 19.4 Å². The summed E-state index contributed by atoms with van der Waals surface area (Å²) in [4.78, 5) is 16.5. The lowest BCUT2D eigenvalue weighted by molar-refractivity contribution is -0.123. The van der Waals surface area contributed by atoms with Gasteiger partial charge in [-0.1, -0.05) is 25.1 Å². The monoisotopic (exact) mass is 443 g/mol. The fraction of sp³-hybridized carbons (Fsp3) is 0.400. The molecule has 160 valence electrons. The van der Waals surface area contributed by atoms with Gasteiger partial charge in [-0.15, -0.1) is 24.8 Å². The summed E-state index contributed by atoms with van der Waals surface area (Å²) in [7, 11) is 0. The average Bonchev–Trinajstić information content (AvgIpc) is 3.13. The van der Waals surface area contributed by atoms with Gasteiger partial charge in [0.2, 0.25) is 11.8 Å². The zero-order valence-electron chi connectivity index (χ0n) is 16.2. The fourth-order valence-electron chi connectivity index (χ4n) is 2.84. The minimum atomic E-state index is -0.474. The predicted octanol–water partition coefficient (Wildman–Crippen LogP) is 2.85. The second-order valence-corrected chi connectivity index (χ2v) is 6.43. The second-order valence-electron chi connectivity index (χ2n) is 6.43. The molecule has 1 aromatic heterocycles. The molecule has 29 heavy (non-hydrogen) atoms. The van der Waals surface area contributed by atoms with E-state index in [-0.39, 0.29) is 43.3 Å². The summed E-state index contributed by atoms with van der Waals surface area (Å²) >= 11 is 0. The average molecular weight is 444 g/mol. The van der Waals surface area contributed by atoms with E-state index in [1.165, 1.54) is 0 Å². The number of amides is 1. The molecule has 1 aliphatic heterocycles. The van der Waals surface area contributed by atoms with Gasteiger partial charge in [0.05, 0.1) is 18.8 Å². The lowest BCUT2D eigenvalue weighted by Crippen LogP contribution is -2.40. The molecular weight excluding hydrogens is 417 g/mol. The molecular formula is C20H27Cl2N3O4. The highest BCUT2D eigenvalue weighted by Crippen LogP contribution is 2.31. The molecule has 2 atom stereocenters. The van der Waals surface area contributed by atoms with E-state index in [4.69, 9.17) is 9.47 Å². The molecule has 1 aliphatic rings. The maximum Gasteiger partial charge on any atom is 0.237 e. The molecule has 1 aromatic carbocycles. The number of rotatable bonds is 8. The molecule has 0 saturated carbocycles. The topological polar surface area (TPSA) is 92.7 Å². The van der Waals surface area contributed by atoms with Gasteiger partial charge in [-0.2, -0.15) is 0 Å². The van der Waals surface area contributed by atoms with E-state index in [2.05, 4.69) is 15.6 Å². The minimum Gasteiger partial charge on any atom is -0.490 e. The Balaban J connectivity index is 0.00000210. The Bertz CT molecular complexity index is 779. The highest BCUT2D eigenvalue weighted by Gasteiger charge is 2.27. The summed E-state index contributed by atoms with van der Waals surface area (Å²) in [6.45, 7) is 3.37. The molecule has 0 radical (unpaired) electrons. The highest BCUT2D eigenvalue weighted by molar-refractivity contribution is 5.85. The Morgan fingerprint density at radius 1 is 1.24 bits per heavy atom. The molecule has 3 rings (SSSR count).